The molecule has 1 fully saturated rings. The van der Waals surface area contributed by atoms with Crippen LogP contribution in [0.1, 0.15) is 25.3 Å². The molecule has 5 nitrogen and oxygen atoms in total. The molecule has 0 saturated carbocycles. The van der Waals surface area contributed by atoms with E-state index in [0.717, 1.165) is 31.5 Å². The van der Waals surface area contributed by atoms with Crippen LogP contribution in [-0.4, -0.2) is 45.6 Å². The second-order valence-electron chi connectivity index (χ2n) is 6.68. The summed E-state index contributed by atoms with van der Waals surface area (Å²) in [5.41, 5.74) is 4.98. The summed E-state index contributed by atoms with van der Waals surface area (Å²) in [6.45, 7) is 3.64. The quantitative estimate of drug-likeness (QED) is 0.351. The Bertz CT molecular complexity index is 893. The number of aliphatic hydroxyl groups excluding tert-OH is 1. The van der Waals surface area contributed by atoms with Crippen LogP contribution in [0.2, 0.25) is 10.0 Å². The van der Waals surface area contributed by atoms with Crippen LogP contribution in [0.25, 0.3) is 10.4 Å². The predicted molar refractivity (Wildman–Crippen MR) is 121 cm³/mol. The molecule has 1 aliphatic heterocycles. The number of thiophene rings is 1. The summed E-state index contributed by atoms with van der Waals surface area (Å²) in [5.74, 6) is 0.507. The first-order chi connectivity index (χ1) is 13.4. The molecule has 0 spiro atoms. The van der Waals surface area contributed by atoms with E-state index in [0.29, 0.717) is 37.2 Å². The Labute approximate surface area is 183 Å². The molecule has 3 rings (SSSR count). The van der Waals surface area contributed by atoms with Crippen LogP contribution in [-0.2, 0) is 0 Å². The maximum absolute atomic E-state index is 10.6. The molecule has 0 aliphatic carbocycles. The number of hydrazone groups is 1. The average Bonchev–Trinajstić information content (AvgIpc) is 3.09. The Hall–Kier alpha value is -1.38. The second kappa shape index (κ2) is 9.41. The lowest BCUT2D eigenvalue weighted by Crippen LogP contribution is -2.43. The van der Waals surface area contributed by atoms with Gasteiger partial charge in [0.2, 0.25) is 0 Å². The lowest BCUT2D eigenvalue weighted by Gasteiger charge is -2.32. The minimum Gasteiger partial charge on any atom is -0.506 e. The fraction of sp³-hybridized carbons (Fsp3) is 0.368. The van der Waals surface area contributed by atoms with Crippen LogP contribution in [0.5, 0.6) is 5.75 Å². The van der Waals surface area contributed by atoms with Gasteiger partial charge in [-0.2, -0.15) is 5.10 Å². The smallest absolute Gasteiger partial charge is 0.189 e. The van der Waals surface area contributed by atoms with Gasteiger partial charge in [-0.1, -0.05) is 29.3 Å². The topological polar surface area (TPSA) is 68.1 Å². The van der Waals surface area contributed by atoms with E-state index in [-0.39, 0.29) is 12.4 Å². The number of rotatable bonds is 4. The molecule has 28 heavy (non-hydrogen) atoms. The van der Waals surface area contributed by atoms with Crippen LogP contribution in [0.3, 0.4) is 0 Å². The number of hydrogen-bond donors (Lipinski definition) is 3. The van der Waals surface area contributed by atoms with Crippen molar-refractivity contribution in [2.75, 3.05) is 19.7 Å². The molecule has 1 aliphatic rings. The Morgan fingerprint density at radius 2 is 2.04 bits per heavy atom. The maximum atomic E-state index is 10.6. The first-order valence-electron chi connectivity index (χ1n) is 8.87. The average molecular weight is 458 g/mol. The van der Waals surface area contributed by atoms with Gasteiger partial charge in [0.1, 0.15) is 5.75 Å². The molecule has 0 unspecified atom stereocenters. The highest BCUT2D eigenvalue weighted by Crippen LogP contribution is 2.40. The van der Waals surface area contributed by atoms with Gasteiger partial charge in [0.15, 0.2) is 5.11 Å². The van der Waals surface area contributed by atoms with Gasteiger partial charge in [-0.3, -0.25) is 5.43 Å². The molecule has 1 aromatic carbocycles. The fourth-order valence-corrected chi connectivity index (χ4v) is 4.56. The minimum atomic E-state index is 0.154. The predicted octanol–water partition coefficient (Wildman–Crippen LogP) is 4.73. The van der Waals surface area contributed by atoms with Gasteiger partial charge in [-0.25, -0.2) is 0 Å². The third kappa shape index (κ3) is 4.78. The van der Waals surface area contributed by atoms with Gasteiger partial charge in [-0.15, -0.1) is 11.3 Å². The molecule has 2 aromatic rings. The Morgan fingerprint density at radius 3 is 2.68 bits per heavy atom. The Kier molecular flexibility index (Phi) is 7.17. The summed E-state index contributed by atoms with van der Waals surface area (Å²) in [6.07, 6.45) is 1.83. The lowest BCUT2D eigenvalue weighted by molar-refractivity contribution is 0.166. The van der Waals surface area contributed by atoms with E-state index in [1.54, 1.807) is 12.1 Å². The van der Waals surface area contributed by atoms with Crippen molar-refractivity contribution in [3.05, 3.63) is 39.2 Å². The van der Waals surface area contributed by atoms with Crippen molar-refractivity contribution in [1.82, 2.24) is 10.3 Å². The molecule has 1 aromatic heterocycles. The highest BCUT2D eigenvalue weighted by molar-refractivity contribution is 7.80. The molecular weight excluding hydrogens is 437 g/mol. The highest BCUT2D eigenvalue weighted by Gasteiger charge is 2.20. The molecule has 3 N–H and O–H groups in total. The zero-order valence-electron chi connectivity index (χ0n) is 15.3. The summed E-state index contributed by atoms with van der Waals surface area (Å²) in [5, 5.41) is 27.5. The Morgan fingerprint density at radius 1 is 1.32 bits per heavy atom. The number of nitrogens with zero attached hydrogens (tertiary/aromatic N) is 2. The molecule has 1 saturated heterocycles. The van der Waals surface area contributed by atoms with Crippen molar-refractivity contribution < 1.29 is 10.2 Å². The largest absolute Gasteiger partial charge is 0.506 e. The first kappa shape index (κ1) is 21.3. The van der Waals surface area contributed by atoms with Gasteiger partial charge in [-0.05, 0) is 55.6 Å². The van der Waals surface area contributed by atoms with Crippen molar-refractivity contribution in [3.63, 3.8) is 0 Å². The van der Waals surface area contributed by atoms with E-state index < -0.39 is 0 Å². The molecular formula is C19H21Cl2N3O2S2. The number of likely N-dealkylation sites (tertiary alicyclic amines) is 1. The number of hydrogen-bond acceptors (Lipinski definition) is 5. The van der Waals surface area contributed by atoms with E-state index in [2.05, 4.69) is 10.5 Å². The third-order valence-corrected chi connectivity index (χ3v) is 6.92. The zero-order chi connectivity index (χ0) is 20.3. The van der Waals surface area contributed by atoms with Crippen molar-refractivity contribution in [2.45, 2.75) is 19.8 Å². The van der Waals surface area contributed by atoms with Crippen molar-refractivity contribution in [2.24, 2.45) is 11.0 Å². The maximum Gasteiger partial charge on any atom is 0.189 e. The molecule has 0 radical (unpaired) electrons. The van der Waals surface area contributed by atoms with Crippen molar-refractivity contribution >= 4 is 57.6 Å². The summed E-state index contributed by atoms with van der Waals surface area (Å²) >= 11 is 18.9. The van der Waals surface area contributed by atoms with Gasteiger partial charge in [0, 0.05) is 25.1 Å². The fourth-order valence-electron chi connectivity index (χ4n) is 3.03. The van der Waals surface area contributed by atoms with E-state index in [9.17, 15) is 10.2 Å². The number of piperidine rings is 1. The van der Waals surface area contributed by atoms with Crippen LogP contribution < -0.4 is 5.43 Å². The van der Waals surface area contributed by atoms with Crippen LogP contribution >= 0.6 is 46.8 Å². The summed E-state index contributed by atoms with van der Waals surface area (Å²) in [6, 6.07) is 5.26. The lowest BCUT2D eigenvalue weighted by atomic mass is 9.98. The standard InChI is InChI=1S/C19H21Cl2N3O2S2/c1-11(22-23-19(27)24-6-4-12(9-25)5-7-24)14-10-28-18(17(14)26)13-2-3-15(20)16(21)8-13/h2-3,8,10,12,25-26H,4-7,9H2,1H3,(H,23,27)/b22-11+. The molecule has 2 heterocycles. The number of halogens is 2. The van der Waals surface area contributed by atoms with Crippen molar-refractivity contribution in [3.8, 4) is 16.2 Å². The van der Waals surface area contributed by atoms with Gasteiger partial charge >= 0.3 is 0 Å². The van der Waals surface area contributed by atoms with Gasteiger partial charge < -0.3 is 15.1 Å². The highest BCUT2D eigenvalue weighted by atomic mass is 35.5. The molecule has 150 valence electrons. The van der Waals surface area contributed by atoms with E-state index in [4.69, 9.17) is 35.4 Å². The van der Waals surface area contributed by atoms with Gasteiger partial charge in [0.25, 0.3) is 0 Å². The summed E-state index contributed by atoms with van der Waals surface area (Å²) in [4.78, 5) is 2.75. The normalized spacial score (nSPS) is 15.7. The monoisotopic (exact) mass is 457 g/mol. The molecule has 0 bridgehead atoms. The molecule has 9 heteroatoms. The first-order valence-corrected chi connectivity index (χ1v) is 10.9. The van der Waals surface area contributed by atoms with Crippen LogP contribution in [0.15, 0.2) is 28.7 Å². The minimum absolute atomic E-state index is 0.154. The van der Waals surface area contributed by atoms with Crippen LogP contribution in [0.4, 0.5) is 0 Å². The summed E-state index contributed by atoms with van der Waals surface area (Å²) in [7, 11) is 0. The van der Waals surface area contributed by atoms with Crippen LogP contribution in [0, 0.1) is 5.92 Å². The van der Waals surface area contributed by atoms with Crippen molar-refractivity contribution in [1.29, 1.82) is 0 Å². The number of benzene rings is 1. The Balaban J connectivity index is 1.69. The number of thiocarbonyl (C=S) groups is 1. The number of aliphatic hydroxyl groups is 1. The van der Waals surface area contributed by atoms with Gasteiger partial charge in [0.05, 0.1) is 26.2 Å². The second-order valence-corrected chi connectivity index (χ2v) is 8.76. The third-order valence-electron chi connectivity index (χ3n) is 4.82. The SMILES string of the molecule is C/C(=N\NC(=S)N1CCC(CO)CC1)c1csc(-c2ccc(Cl)c(Cl)c2)c1O. The molecule has 0 atom stereocenters. The van der Waals surface area contributed by atoms with E-state index in [1.165, 1.54) is 11.3 Å². The van der Waals surface area contributed by atoms with E-state index >= 15 is 0 Å². The summed E-state index contributed by atoms with van der Waals surface area (Å²) < 4.78 is 0. The number of nitrogens with one attached hydrogen (secondary N) is 1. The zero-order valence-corrected chi connectivity index (χ0v) is 18.4. The number of aromatic hydroxyl groups is 1. The van der Waals surface area contributed by atoms with E-state index in [1.807, 2.05) is 23.3 Å². The molecule has 0 amide bonds.